The second-order valence-electron chi connectivity index (χ2n) is 4.33. The molecule has 1 aromatic rings. The van der Waals surface area contributed by atoms with Gasteiger partial charge in [-0.05, 0) is 24.6 Å². The standard InChI is InChI=1S/C13H18N4O2/c1-9(18)15-5-2-6-16-13-8-19-12-4-3-10(14)7-11(12)17-13/h3-4,7H,2,5-6,8,14H2,1H3,(H,15,18)(H,16,17). The zero-order valence-corrected chi connectivity index (χ0v) is 10.9. The highest BCUT2D eigenvalue weighted by Gasteiger charge is 2.13. The number of aliphatic imine (C=N–C) groups is 1. The molecular weight excluding hydrogens is 244 g/mol. The van der Waals surface area contributed by atoms with Crippen LogP contribution < -0.4 is 21.1 Å². The van der Waals surface area contributed by atoms with Crippen molar-refractivity contribution in [2.24, 2.45) is 4.99 Å². The minimum Gasteiger partial charge on any atom is -0.484 e. The van der Waals surface area contributed by atoms with Crippen LogP contribution in [0, 0.1) is 0 Å². The van der Waals surface area contributed by atoms with Gasteiger partial charge in [-0.15, -0.1) is 0 Å². The van der Waals surface area contributed by atoms with Crippen LogP contribution in [-0.2, 0) is 4.79 Å². The van der Waals surface area contributed by atoms with Gasteiger partial charge in [-0.2, -0.15) is 0 Å². The van der Waals surface area contributed by atoms with Crippen molar-refractivity contribution in [1.82, 2.24) is 5.32 Å². The van der Waals surface area contributed by atoms with Gasteiger partial charge in [0.15, 0.2) is 0 Å². The molecule has 6 nitrogen and oxygen atoms in total. The van der Waals surface area contributed by atoms with Gasteiger partial charge in [0.1, 0.15) is 18.2 Å². The normalized spacial score (nSPS) is 15.3. The summed E-state index contributed by atoms with van der Waals surface area (Å²) in [5, 5.41) is 5.93. The Hall–Kier alpha value is -2.24. The van der Waals surface area contributed by atoms with Crippen LogP contribution in [-0.4, -0.2) is 31.4 Å². The van der Waals surface area contributed by atoms with E-state index in [9.17, 15) is 4.79 Å². The van der Waals surface area contributed by atoms with Crippen molar-refractivity contribution in [2.45, 2.75) is 13.3 Å². The maximum absolute atomic E-state index is 10.7. The summed E-state index contributed by atoms with van der Waals surface area (Å²) in [6, 6.07) is 5.46. The highest BCUT2D eigenvalue weighted by Crippen LogP contribution is 2.29. The molecule has 4 N–H and O–H groups in total. The molecule has 0 saturated carbocycles. The highest BCUT2D eigenvalue weighted by molar-refractivity contribution is 6.00. The van der Waals surface area contributed by atoms with Crippen LogP contribution in [0.1, 0.15) is 13.3 Å². The summed E-state index contributed by atoms with van der Waals surface area (Å²) in [4.78, 5) is 15.1. The zero-order chi connectivity index (χ0) is 13.7. The number of amidine groups is 1. The Balaban J connectivity index is 1.85. The van der Waals surface area contributed by atoms with E-state index in [1.54, 1.807) is 6.07 Å². The predicted octanol–water partition coefficient (Wildman–Crippen LogP) is 0.998. The minimum absolute atomic E-state index is 0.0174. The summed E-state index contributed by atoms with van der Waals surface area (Å²) in [6.45, 7) is 3.21. The van der Waals surface area contributed by atoms with Crippen LogP contribution in [0.5, 0.6) is 5.75 Å². The van der Waals surface area contributed by atoms with Gasteiger partial charge in [0.2, 0.25) is 5.91 Å². The number of ether oxygens (including phenoxy) is 1. The summed E-state index contributed by atoms with van der Waals surface area (Å²) in [5.41, 5.74) is 7.24. The van der Waals surface area contributed by atoms with E-state index in [1.807, 2.05) is 12.1 Å². The van der Waals surface area contributed by atoms with Crippen molar-refractivity contribution in [3.05, 3.63) is 18.2 Å². The Kier molecular flexibility index (Phi) is 4.22. The van der Waals surface area contributed by atoms with Crippen LogP contribution in [0.3, 0.4) is 0 Å². The lowest BCUT2D eigenvalue weighted by Crippen LogP contribution is -2.27. The third kappa shape index (κ3) is 3.87. The number of nitrogen functional groups attached to an aromatic ring is 1. The molecule has 102 valence electrons. The number of hydrogen-bond donors (Lipinski definition) is 3. The van der Waals surface area contributed by atoms with Gasteiger partial charge < -0.3 is 21.1 Å². The fourth-order valence-electron chi connectivity index (χ4n) is 1.75. The summed E-state index contributed by atoms with van der Waals surface area (Å²) in [5.74, 6) is 1.54. The number of fused-ring (bicyclic) bond motifs is 1. The van der Waals surface area contributed by atoms with E-state index in [4.69, 9.17) is 10.5 Å². The highest BCUT2D eigenvalue weighted by atomic mass is 16.5. The molecule has 0 unspecified atom stereocenters. The van der Waals surface area contributed by atoms with E-state index >= 15 is 0 Å². The van der Waals surface area contributed by atoms with E-state index in [-0.39, 0.29) is 5.91 Å². The smallest absolute Gasteiger partial charge is 0.216 e. The number of carbonyl (C=O) groups excluding carboxylic acids is 1. The zero-order valence-electron chi connectivity index (χ0n) is 10.9. The summed E-state index contributed by atoms with van der Waals surface area (Å²) >= 11 is 0. The van der Waals surface area contributed by atoms with Gasteiger partial charge in [-0.25, -0.2) is 0 Å². The molecule has 0 radical (unpaired) electrons. The van der Waals surface area contributed by atoms with E-state index in [2.05, 4.69) is 15.6 Å². The van der Waals surface area contributed by atoms with Crippen LogP contribution in [0.2, 0.25) is 0 Å². The first kappa shape index (κ1) is 13.2. The number of anilines is 2. The second-order valence-corrected chi connectivity index (χ2v) is 4.33. The van der Waals surface area contributed by atoms with Crippen LogP contribution in [0.4, 0.5) is 11.4 Å². The number of nitrogens with zero attached hydrogens (tertiary/aromatic N) is 1. The fourth-order valence-corrected chi connectivity index (χ4v) is 1.75. The number of hydrogen-bond acceptors (Lipinski definition) is 4. The molecule has 6 heteroatoms. The number of benzene rings is 1. The Bertz CT molecular complexity index is 499. The molecular formula is C13H18N4O2. The number of amides is 1. The Morgan fingerprint density at radius 3 is 3.21 bits per heavy atom. The first-order valence-corrected chi connectivity index (χ1v) is 6.22. The monoisotopic (exact) mass is 262 g/mol. The molecule has 1 heterocycles. The molecule has 1 aliphatic rings. The average Bonchev–Trinajstić information content (AvgIpc) is 2.37. The van der Waals surface area contributed by atoms with Crippen molar-refractivity contribution in [3.8, 4) is 5.75 Å². The first-order chi connectivity index (χ1) is 9.15. The van der Waals surface area contributed by atoms with Gasteiger partial charge >= 0.3 is 0 Å². The quantitative estimate of drug-likeness (QED) is 0.558. The number of carbonyl (C=O) groups is 1. The summed E-state index contributed by atoms with van der Waals surface area (Å²) in [6.07, 6.45) is 0.800. The maximum atomic E-state index is 10.7. The predicted molar refractivity (Wildman–Crippen MR) is 75.6 cm³/mol. The Morgan fingerprint density at radius 1 is 1.58 bits per heavy atom. The molecule has 0 saturated heterocycles. The first-order valence-electron chi connectivity index (χ1n) is 6.22. The SMILES string of the molecule is CC(=O)NCCCN=C1COc2ccc(N)cc2N1. The summed E-state index contributed by atoms with van der Waals surface area (Å²) in [7, 11) is 0. The van der Waals surface area contributed by atoms with Crippen molar-refractivity contribution in [3.63, 3.8) is 0 Å². The molecule has 0 spiro atoms. The van der Waals surface area contributed by atoms with Crippen LogP contribution >= 0.6 is 0 Å². The minimum atomic E-state index is -0.0174. The van der Waals surface area contributed by atoms with Crippen LogP contribution in [0.15, 0.2) is 23.2 Å². The largest absolute Gasteiger partial charge is 0.484 e. The second kappa shape index (κ2) is 6.08. The molecule has 1 amide bonds. The molecule has 1 aromatic carbocycles. The lowest BCUT2D eigenvalue weighted by Gasteiger charge is -2.21. The molecule has 0 aliphatic carbocycles. The average molecular weight is 262 g/mol. The van der Waals surface area contributed by atoms with E-state index < -0.39 is 0 Å². The fraction of sp³-hybridized carbons (Fsp3) is 0.385. The van der Waals surface area contributed by atoms with Crippen molar-refractivity contribution < 1.29 is 9.53 Å². The molecule has 0 atom stereocenters. The lowest BCUT2D eigenvalue weighted by molar-refractivity contribution is -0.118. The third-order valence-electron chi connectivity index (χ3n) is 2.66. The van der Waals surface area contributed by atoms with Gasteiger partial charge in [0, 0.05) is 25.7 Å². The number of rotatable bonds is 4. The molecule has 2 rings (SSSR count). The van der Waals surface area contributed by atoms with Gasteiger partial charge in [0.05, 0.1) is 5.69 Å². The molecule has 0 bridgehead atoms. The van der Waals surface area contributed by atoms with Crippen LogP contribution in [0.25, 0.3) is 0 Å². The number of nitrogens with two attached hydrogens (primary N) is 1. The Labute approximate surface area is 112 Å². The molecule has 19 heavy (non-hydrogen) atoms. The summed E-state index contributed by atoms with van der Waals surface area (Å²) < 4.78 is 5.57. The van der Waals surface area contributed by atoms with Crippen molar-refractivity contribution in [2.75, 3.05) is 30.7 Å². The lowest BCUT2D eigenvalue weighted by atomic mass is 10.2. The van der Waals surface area contributed by atoms with Gasteiger partial charge in [-0.3, -0.25) is 9.79 Å². The molecule has 0 aromatic heterocycles. The maximum Gasteiger partial charge on any atom is 0.216 e. The van der Waals surface area contributed by atoms with E-state index in [1.165, 1.54) is 6.92 Å². The topological polar surface area (TPSA) is 88.7 Å². The Morgan fingerprint density at radius 2 is 2.42 bits per heavy atom. The van der Waals surface area contributed by atoms with Crippen molar-refractivity contribution >= 4 is 23.1 Å². The molecule has 1 aliphatic heterocycles. The van der Waals surface area contributed by atoms with E-state index in [0.29, 0.717) is 25.4 Å². The van der Waals surface area contributed by atoms with Crippen molar-refractivity contribution in [1.29, 1.82) is 0 Å². The number of nitrogens with one attached hydrogen (secondary N) is 2. The molecule has 0 fully saturated rings. The third-order valence-corrected chi connectivity index (χ3v) is 2.66. The van der Waals surface area contributed by atoms with Gasteiger partial charge in [0.25, 0.3) is 0 Å². The van der Waals surface area contributed by atoms with E-state index in [0.717, 1.165) is 23.7 Å². The van der Waals surface area contributed by atoms with Gasteiger partial charge in [-0.1, -0.05) is 0 Å².